The summed E-state index contributed by atoms with van der Waals surface area (Å²) in [7, 11) is 0. The molecule has 24 heavy (non-hydrogen) atoms. The van der Waals surface area contributed by atoms with Gasteiger partial charge < -0.3 is 19.9 Å². The van der Waals surface area contributed by atoms with Gasteiger partial charge in [-0.1, -0.05) is 24.0 Å². The fourth-order valence-corrected chi connectivity index (χ4v) is 3.22. The molecule has 5 nitrogen and oxygen atoms in total. The van der Waals surface area contributed by atoms with E-state index in [9.17, 15) is 10.2 Å². The van der Waals surface area contributed by atoms with Gasteiger partial charge in [0.05, 0.1) is 22.4 Å². The summed E-state index contributed by atoms with van der Waals surface area (Å²) in [6.07, 6.45) is 2.81. The third kappa shape index (κ3) is 3.66. The molecule has 0 aliphatic heterocycles. The van der Waals surface area contributed by atoms with Gasteiger partial charge in [-0.05, 0) is 29.8 Å². The average molecular weight is 340 g/mol. The average Bonchev–Trinajstić information content (AvgIpc) is 3.22. The highest BCUT2D eigenvalue weighted by molar-refractivity contribution is 7.15. The van der Waals surface area contributed by atoms with Crippen molar-refractivity contribution in [2.45, 2.75) is 12.6 Å². The molecular weight excluding hydrogens is 324 g/mol. The molecule has 0 saturated carbocycles. The Labute approximate surface area is 143 Å². The maximum absolute atomic E-state index is 10.4. The molecule has 2 aromatic heterocycles. The normalized spacial score (nSPS) is 11.8. The first-order chi connectivity index (χ1) is 11.7. The van der Waals surface area contributed by atoms with Crippen LogP contribution in [0.5, 0.6) is 5.75 Å². The Morgan fingerprint density at radius 1 is 1.17 bits per heavy atom. The minimum absolute atomic E-state index is 0.166. The van der Waals surface area contributed by atoms with Gasteiger partial charge in [0.25, 0.3) is 0 Å². The molecule has 0 saturated heterocycles. The fraction of sp³-hybridized carbons (Fsp3) is 0.167. The van der Waals surface area contributed by atoms with Crippen LogP contribution in [0.15, 0.2) is 48.8 Å². The Morgan fingerprint density at radius 3 is 2.71 bits per heavy atom. The highest BCUT2D eigenvalue weighted by Crippen LogP contribution is 2.28. The number of phenolic OH excluding ortho intramolecular Hbond substituents is 1. The molecule has 0 aliphatic carbocycles. The van der Waals surface area contributed by atoms with Crippen molar-refractivity contribution in [2.75, 3.05) is 6.61 Å². The van der Waals surface area contributed by atoms with Crippen molar-refractivity contribution in [1.82, 2.24) is 9.55 Å². The lowest BCUT2D eigenvalue weighted by atomic mass is 10.1. The van der Waals surface area contributed by atoms with Gasteiger partial charge >= 0.3 is 0 Å². The second-order valence-electron chi connectivity index (χ2n) is 5.13. The predicted octanol–water partition coefficient (Wildman–Crippen LogP) is 2.39. The van der Waals surface area contributed by atoms with Crippen LogP contribution >= 0.6 is 11.3 Å². The van der Waals surface area contributed by atoms with E-state index in [1.165, 1.54) is 11.3 Å². The summed E-state index contributed by atoms with van der Waals surface area (Å²) in [4.78, 5) is 6.16. The van der Waals surface area contributed by atoms with Gasteiger partial charge in [-0.15, -0.1) is 11.3 Å². The highest BCUT2D eigenvalue weighted by Gasteiger charge is 2.13. The molecule has 1 unspecified atom stereocenters. The van der Waals surface area contributed by atoms with Crippen molar-refractivity contribution in [3.63, 3.8) is 0 Å². The number of aliphatic hydroxyl groups is 2. The van der Waals surface area contributed by atoms with E-state index in [-0.39, 0.29) is 12.4 Å². The molecular formula is C18H16N2O3S. The second-order valence-corrected chi connectivity index (χ2v) is 6.22. The van der Waals surface area contributed by atoms with Crippen molar-refractivity contribution in [3.05, 3.63) is 59.2 Å². The minimum Gasteiger partial charge on any atom is -0.508 e. The Morgan fingerprint density at radius 2 is 1.96 bits per heavy atom. The van der Waals surface area contributed by atoms with Crippen molar-refractivity contribution in [2.24, 2.45) is 0 Å². The van der Waals surface area contributed by atoms with E-state index in [0.29, 0.717) is 6.54 Å². The first kappa shape index (κ1) is 16.3. The number of aromatic nitrogens is 2. The van der Waals surface area contributed by atoms with Crippen molar-refractivity contribution >= 4 is 11.3 Å². The van der Waals surface area contributed by atoms with Crippen LogP contribution in [-0.4, -0.2) is 31.5 Å². The van der Waals surface area contributed by atoms with Gasteiger partial charge in [-0.3, -0.25) is 0 Å². The molecule has 3 N–H and O–H groups in total. The fourth-order valence-electron chi connectivity index (χ4n) is 2.32. The Kier molecular flexibility index (Phi) is 4.96. The third-order valence-corrected chi connectivity index (χ3v) is 4.48. The monoisotopic (exact) mass is 340 g/mol. The summed E-state index contributed by atoms with van der Waals surface area (Å²) in [5, 5.41) is 28.5. The number of aromatic hydroxyl groups is 1. The second kappa shape index (κ2) is 7.32. The Bertz CT molecular complexity index is 872. The highest BCUT2D eigenvalue weighted by atomic mass is 32.1. The van der Waals surface area contributed by atoms with E-state index in [1.54, 1.807) is 30.5 Å². The lowest BCUT2D eigenvalue weighted by molar-refractivity contribution is 0.157. The Balaban J connectivity index is 1.80. The summed E-state index contributed by atoms with van der Waals surface area (Å²) in [6, 6.07) is 10.3. The largest absolute Gasteiger partial charge is 0.508 e. The summed E-state index contributed by atoms with van der Waals surface area (Å²) in [5.41, 5.74) is 0.730. The van der Waals surface area contributed by atoms with Crippen LogP contribution in [0.4, 0.5) is 0 Å². The maximum Gasteiger partial charge on any atom is 0.150 e. The molecule has 0 amide bonds. The lowest BCUT2D eigenvalue weighted by Gasteiger charge is -2.13. The van der Waals surface area contributed by atoms with Gasteiger partial charge in [0.15, 0.2) is 0 Å². The van der Waals surface area contributed by atoms with Crippen molar-refractivity contribution < 1.29 is 15.3 Å². The topological polar surface area (TPSA) is 78.5 Å². The molecule has 122 valence electrons. The molecule has 6 heteroatoms. The number of hydrogen-bond donors (Lipinski definition) is 3. The lowest BCUT2D eigenvalue weighted by Crippen LogP contribution is -2.08. The van der Waals surface area contributed by atoms with Gasteiger partial charge in [-0.25, -0.2) is 4.98 Å². The van der Waals surface area contributed by atoms with Gasteiger partial charge in [0, 0.05) is 12.4 Å². The number of imidazole rings is 1. The SMILES string of the molecule is OCC#Cc1ccc(-c2nccn2CC(O)c2ccc(O)cc2)s1. The van der Waals surface area contributed by atoms with E-state index in [2.05, 4.69) is 16.8 Å². The number of benzene rings is 1. The van der Waals surface area contributed by atoms with Crippen LogP contribution in [-0.2, 0) is 6.54 Å². The number of nitrogens with zero attached hydrogens (tertiary/aromatic N) is 2. The van der Waals surface area contributed by atoms with Crippen molar-refractivity contribution in [3.8, 4) is 28.3 Å². The van der Waals surface area contributed by atoms with E-state index in [4.69, 9.17) is 5.11 Å². The number of hydrogen-bond acceptors (Lipinski definition) is 5. The minimum atomic E-state index is -0.702. The van der Waals surface area contributed by atoms with E-state index >= 15 is 0 Å². The quantitative estimate of drug-likeness (QED) is 0.637. The molecule has 0 aliphatic rings. The molecule has 0 spiro atoms. The zero-order chi connectivity index (χ0) is 16.9. The number of aliphatic hydroxyl groups excluding tert-OH is 2. The van der Waals surface area contributed by atoms with Crippen molar-refractivity contribution in [1.29, 1.82) is 0 Å². The molecule has 0 radical (unpaired) electrons. The van der Waals surface area contributed by atoms with Gasteiger partial charge in [-0.2, -0.15) is 0 Å². The molecule has 0 fully saturated rings. The molecule has 1 atom stereocenters. The first-order valence-corrected chi connectivity index (χ1v) is 8.17. The summed E-state index contributed by atoms with van der Waals surface area (Å²) >= 11 is 1.49. The van der Waals surface area contributed by atoms with Gasteiger partial charge in [0.1, 0.15) is 18.2 Å². The zero-order valence-electron chi connectivity index (χ0n) is 12.8. The zero-order valence-corrected chi connectivity index (χ0v) is 13.6. The maximum atomic E-state index is 10.4. The van der Waals surface area contributed by atoms with Crippen LogP contribution in [0.25, 0.3) is 10.7 Å². The molecule has 0 bridgehead atoms. The number of phenols is 1. The molecule has 1 aromatic carbocycles. The summed E-state index contributed by atoms with van der Waals surface area (Å²) in [5.74, 6) is 6.43. The predicted molar refractivity (Wildman–Crippen MR) is 92.6 cm³/mol. The van der Waals surface area contributed by atoms with E-state index in [1.807, 2.05) is 22.9 Å². The van der Waals surface area contributed by atoms with E-state index in [0.717, 1.165) is 21.1 Å². The van der Waals surface area contributed by atoms with Gasteiger partial charge in [0.2, 0.25) is 0 Å². The van der Waals surface area contributed by atoms with E-state index < -0.39 is 6.10 Å². The standard InChI is InChI=1S/C18H16N2O3S/c21-11-1-2-15-7-8-17(24-15)18-19-9-10-20(18)12-16(23)13-3-5-14(22)6-4-13/h3-10,16,21-23H,11-12H2. The third-order valence-electron chi connectivity index (χ3n) is 3.48. The molecule has 3 aromatic rings. The number of thiophene rings is 1. The Hall–Kier alpha value is -2.59. The summed E-state index contributed by atoms with van der Waals surface area (Å²) < 4.78 is 1.88. The van der Waals surface area contributed by atoms with Crippen LogP contribution in [0.2, 0.25) is 0 Å². The van der Waals surface area contributed by atoms with Crippen LogP contribution < -0.4 is 0 Å². The number of rotatable bonds is 4. The first-order valence-electron chi connectivity index (χ1n) is 7.35. The van der Waals surface area contributed by atoms with Crippen LogP contribution in [0.3, 0.4) is 0 Å². The molecule has 2 heterocycles. The summed E-state index contributed by atoms with van der Waals surface area (Å²) in [6.45, 7) is 0.191. The van der Waals surface area contributed by atoms with Crippen LogP contribution in [0, 0.1) is 11.8 Å². The molecule has 3 rings (SSSR count). The smallest absolute Gasteiger partial charge is 0.150 e. The van der Waals surface area contributed by atoms with Crippen LogP contribution in [0.1, 0.15) is 16.5 Å².